The van der Waals surface area contributed by atoms with Gasteiger partial charge in [-0.15, -0.1) is 11.6 Å². The second kappa shape index (κ2) is 5.44. The van der Waals surface area contributed by atoms with Crippen molar-refractivity contribution in [3.05, 3.63) is 58.6 Å². The first kappa shape index (κ1) is 12.8. The fraction of sp³-hybridized carbons (Fsp3) is 0.250. The van der Waals surface area contributed by atoms with Crippen LogP contribution < -0.4 is 4.90 Å². The number of alkyl halides is 1. The van der Waals surface area contributed by atoms with Crippen LogP contribution in [0, 0.1) is 0 Å². The van der Waals surface area contributed by atoms with Crippen LogP contribution in [0.4, 0.5) is 11.4 Å². The molecule has 3 heteroatoms. The van der Waals surface area contributed by atoms with Gasteiger partial charge in [0, 0.05) is 28.8 Å². The average molecular weight is 292 g/mol. The molecule has 0 aromatic heterocycles. The normalized spacial score (nSPS) is 14.3. The summed E-state index contributed by atoms with van der Waals surface area (Å²) in [6.45, 7) is 1.02. The molecule has 0 bridgehead atoms. The highest BCUT2D eigenvalue weighted by molar-refractivity contribution is 6.31. The van der Waals surface area contributed by atoms with E-state index < -0.39 is 0 Å². The monoisotopic (exact) mass is 291 g/mol. The lowest BCUT2D eigenvalue weighted by Gasteiger charge is -2.32. The summed E-state index contributed by atoms with van der Waals surface area (Å²) >= 11 is 12.2. The first-order valence-corrected chi connectivity index (χ1v) is 7.40. The van der Waals surface area contributed by atoms with Gasteiger partial charge in [0.15, 0.2) is 0 Å². The predicted octanol–water partition coefficient (Wildman–Crippen LogP) is 5.16. The fourth-order valence-corrected chi connectivity index (χ4v) is 3.08. The molecule has 0 saturated heterocycles. The maximum Gasteiger partial charge on any atom is 0.0494 e. The molecule has 2 aromatic carbocycles. The van der Waals surface area contributed by atoms with Crippen molar-refractivity contribution in [2.24, 2.45) is 0 Å². The zero-order valence-electron chi connectivity index (χ0n) is 10.6. The lowest BCUT2D eigenvalue weighted by atomic mass is 10.0. The number of para-hydroxylation sites is 1. The van der Waals surface area contributed by atoms with Crippen LogP contribution in [0.2, 0.25) is 5.02 Å². The first-order valence-electron chi connectivity index (χ1n) is 6.49. The maximum absolute atomic E-state index is 6.15. The number of nitrogens with zero attached hydrogens (tertiary/aromatic N) is 1. The number of halogens is 2. The molecule has 3 rings (SSSR count). The van der Waals surface area contributed by atoms with Crippen molar-refractivity contribution in [2.75, 3.05) is 11.4 Å². The van der Waals surface area contributed by atoms with Crippen LogP contribution in [0.15, 0.2) is 42.5 Å². The van der Waals surface area contributed by atoms with Crippen molar-refractivity contribution < 1.29 is 0 Å². The highest BCUT2D eigenvalue weighted by Crippen LogP contribution is 2.36. The van der Waals surface area contributed by atoms with Crippen LogP contribution in [0.5, 0.6) is 0 Å². The molecule has 1 nitrogen and oxygen atoms in total. The van der Waals surface area contributed by atoms with Crippen molar-refractivity contribution >= 4 is 34.6 Å². The van der Waals surface area contributed by atoms with Crippen molar-refractivity contribution in [3.8, 4) is 0 Å². The minimum atomic E-state index is 0.505. The van der Waals surface area contributed by atoms with Crippen LogP contribution in [-0.2, 0) is 12.3 Å². The quantitative estimate of drug-likeness (QED) is 0.691. The van der Waals surface area contributed by atoms with Crippen LogP contribution in [-0.4, -0.2) is 6.54 Å². The molecule has 19 heavy (non-hydrogen) atoms. The molecule has 1 aliphatic heterocycles. The second-order valence-corrected chi connectivity index (χ2v) is 5.49. The molecule has 0 atom stereocenters. The van der Waals surface area contributed by atoms with Crippen molar-refractivity contribution in [1.82, 2.24) is 0 Å². The minimum absolute atomic E-state index is 0.505. The van der Waals surface area contributed by atoms with E-state index in [1.165, 1.54) is 11.3 Å². The standard InChI is InChI=1S/C16H15Cl2N/c17-11-13-7-8-14(18)10-16(13)19-9-3-5-12-4-1-2-6-15(12)19/h1-2,4,6-8,10H,3,5,9,11H2. The van der Waals surface area contributed by atoms with Crippen LogP contribution in [0.1, 0.15) is 17.5 Å². The molecule has 0 aliphatic carbocycles. The molecule has 0 fully saturated rings. The summed E-state index contributed by atoms with van der Waals surface area (Å²) in [4.78, 5) is 2.34. The Morgan fingerprint density at radius 2 is 1.89 bits per heavy atom. The van der Waals surface area contributed by atoms with Crippen molar-refractivity contribution in [1.29, 1.82) is 0 Å². The van der Waals surface area contributed by atoms with E-state index in [0.29, 0.717) is 5.88 Å². The molecule has 0 N–H and O–H groups in total. The second-order valence-electron chi connectivity index (χ2n) is 4.79. The van der Waals surface area contributed by atoms with Crippen LogP contribution in [0.3, 0.4) is 0 Å². The Morgan fingerprint density at radius 1 is 1.05 bits per heavy atom. The van der Waals surface area contributed by atoms with Gasteiger partial charge in [0.2, 0.25) is 0 Å². The summed E-state index contributed by atoms with van der Waals surface area (Å²) in [6.07, 6.45) is 2.30. The van der Waals surface area contributed by atoms with E-state index in [9.17, 15) is 0 Å². The summed E-state index contributed by atoms with van der Waals surface area (Å²) < 4.78 is 0. The molecule has 0 unspecified atom stereocenters. The van der Waals surface area contributed by atoms with Gasteiger partial charge in [0.25, 0.3) is 0 Å². The smallest absolute Gasteiger partial charge is 0.0494 e. The van der Waals surface area contributed by atoms with E-state index in [2.05, 4.69) is 29.2 Å². The SMILES string of the molecule is ClCc1ccc(Cl)cc1N1CCCc2ccccc21. The van der Waals surface area contributed by atoms with Gasteiger partial charge in [0.1, 0.15) is 0 Å². The predicted molar refractivity (Wildman–Crippen MR) is 82.8 cm³/mol. The Balaban J connectivity index is 2.11. The van der Waals surface area contributed by atoms with E-state index in [-0.39, 0.29) is 0 Å². The van der Waals surface area contributed by atoms with Crippen LogP contribution in [0.25, 0.3) is 0 Å². The molecule has 2 aromatic rings. The van der Waals surface area contributed by atoms with E-state index >= 15 is 0 Å². The minimum Gasteiger partial charge on any atom is -0.341 e. The van der Waals surface area contributed by atoms with Crippen LogP contribution >= 0.6 is 23.2 Å². The molecule has 0 radical (unpaired) electrons. The molecule has 1 aliphatic rings. The molecular formula is C16H15Cl2N. The van der Waals surface area contributed by atoms with Gasteiger partial charge in [0.05, 0.1) is 0 Å². The molecule has 1 heterocycles. The third-order valence-corrected chi connectivity index (χ3v) is 4.12. The summed E-state index contributed by atoms with van der Waals surface area (Å²) in [5, 5.41) is 0.756. The van der Waals surface area contributed by atoms with Gasteiger partial charge >= 0.3 is 0 Å². The van der Waals surface area contributed by atoms with E-state index in [1.807, 2.05) is 18.2 Å². The topological polar surface area (TPSA) is 3.24 Å². The lowest BCUT2D eigenvalue weighted by Crippen LogP contribution is -2.25. The number of benzene rings is 2. The van der Waals surface area contributed by atoms with Gasteiger partial charge in [-0.1, -0.05) is 35.9 Å². The van der Waals surface area contributed by atoms with Crippen molar-refractivity contribution in [3.63, 3.8) is 0 Å². The van der Waals surface area contributed by atoms with Gasteiger partial charge in [-0.2, -0.15) is 0 Å². The Hall–Kier alpha value is -1.18. The first-order chi connectivity index (χ1) is 9.29. The Morgan fingerprint density at radius 3 is 2.74 bits per heavy atom. The average Bonchev–Trinajstić information content (AvgIpc) is 2.46. The Labute approximate surface area is 123 Å². The Kier molecular flexibility index (Phi) is 3.67. The number of hydrogen-bond donors (Lipinski definition) is 0. The number of rotatable bonds is 2. The Bertz CT molecular complexity index is 595. The van der Waals surface area contributed by atoms with Gasteiger partial charge in [-0.25, -0.2) is 0 Å². The zero-order valence-corrected chi connectivity index (χ0v) is 12.1. The summed E-state index contributed by atoms with van der Waals surface area (Å²) in [7, 11) is 0. The molecule has 0 saturated carbocycles. The largest absolute Gasteiger partial charge is 0.341 e. The zero-order chi connectivity index (χ0) is 13.2. The van der Waals surface area contributed by atoms with Crippen molar-refractivity contribution in [2.45, 2.75) is 18.7 Å². The maximum atomic E-state index is 6.15. The van der Waals surface area contributed by atoms with E-state index in [4.69, 9.17) is 23.2 Å². The van der Waals surface area contributed by atoms with Gasteiger partial charge in [-0.3, -0.25) is 0 Å². The number of fused-ring (bicyclic) bond motifs is 1. The lowest BCUT2D eigenvalue weighted by molar-refractivity contribution is 0.765. The summed E-state index contributed by atoms with van der Waals surface area (Å²) in [6, 6.07) is 14.5. The molecule has 98 valence electrons. The number of anilines is 2. The van der Waals surface area contributed by atoms with Gasteiger partial charge in [-0.05, 0) is 42.2 Å². The van der Waals surface area contributed by atoms with Gasteiger partial charge < -0.3 is 4.90 Å². The van der Waals surface area contributed by atoms with E-state index in [0.717, 1.165) is 35.7 Å². The third kappa shape index (κ3) is 2.45. The molecule has 0 spiro atoms. The highest BCUT2D eigenvalue weighted by atomic mass is 35.5. The third-order valence-electron chi connectivity index (χ3n) is 3.59. The highest BCUT2D eigenvalue weighted by Gasteiger charge is 2.19. The summed E-state index contributed by atoms with van der Waals surface area (Å²) in [5.41, 5.74) is 4.94. The molecular weight excluding hydrogens is 277 g/mol. The van der Waals surface area contributed by atoms with E-state index in [1.54, 1.807) is 0 Å². The summed E-state index contributed by atoms with van der Waals surface area (Å²) in [5.74, 6) is 0.505. The number of hydrogen-bond acceptors (Lipinski definition) is 1. The number of aryl methyl sites for hydroxylation is 1. The molecule has 0 amide bonds. The fourth-order valence-electron chi connectivity index (χ4n) is 2.69.